The second-order valence-electron chi connectivity index (χ2n) is 4.16. The monoisotopic (exact) mass is 222 g/mol. The van der Waals surface area contributed by atoms with Gasteiger partial charge < -0.3 is 5.32 Å². The third kappa shape index (κ3) is 1.52. The van der Waals surface area contributed by atoms with Crippen LogP contribution in [0.5, 0.6) is 0 Å². The van der Waals surface area contributed by atoms with Gasteiger partial charge in [-0.3, -0.25) is 14.9 Å². The van der Waals surface area contributed by atoms with Crippen LogP contribution in [0.4, 0.5) is 4.79 Å². The van der Waals surface area contributed by atoms with E-state index in [0.717, 1.165) is 12.0 Å². The highest BCUT2D eigenvalue weighted by Gasteiger charge is 2.47. The zero-order chi connectivity index (χ0) is 11.8. The van der Waals surface area contributed by atoms with Crippen LogP contribution in [0.2, 0.25) is 0 Å². The zero-order valence-corrected chi connectivity index (χ0v) is 9.13. The maximum absolute atomic E-state index is 11.8. The number of nitrogens with one attached hydrogen (secondary N) is 2. The third-order valence-corrected chi connectivity index (χ3v) is 3.22. The predicted octanol–water partition coefficient (Wildman–Crippen LogP) is 0.654. The highest BCUT2D eigenvalue weighted by Crippen LogP contribution is 2.31. The van der Waals surface area contributed by atoms with E-state index in [2.05, 4.69) is 10.6 Å². The Hall–Kier alpha value is -1.65. The molecule has 0 bridgehead atoms. The van der Waals surface area contributed by atoms with Crippen LogP contribution >= 0.6 is 0 Å². The highest BCUT2D eigenvalue weighted by atomic mass is 16.2. The van der Waals surface area contributed by atoms with E-state index in [0.29, 0.717) is 19.3 Å². The normalized spacial score (nSPS) is 29.8. The van der Waals surface area contributed by atoms with Gasteiger partial charge in [0.1, 0.15) is 5.54 Å². The minimum absolute atomic E-state index is 0.0306. The molecular formula is C11H14N2O3. The average molecular weight is 222 g/mol. The topological polar surface area (TPSA) is 75.3 Å². The predicted molar refractivity (Wildman–Crippen MR) is 56.6 cm³/mol. The van der Waals surface area contributed by atoms with Crippen LogP contribution in [0.25, 0.3) is 0 Å². The summed E-state index contributed by atoms with van der Waals surface area (Å²) in [7, 11) is 0. The Morgan fingerprint density at radius 1 is 1.31 bits per heavy atom. The van der Waals surface area contributed by atoms with Gasteiger partial charge in [-0.05, 0) is 30.9 Å². The van der Waals surface area contributed by atoms with E-state index in [1.807, 2.05) is 6.92 Å². The molecule has 1 atom stereocenters. The number of carbonyl (C=O) groups excluding carboxylic acids is 3. The Morgan fingerprint density at radius 3 is 2.56 bits per heavy atom. The van der Waals surface area contributed by atoms with E-state index >= 15 is 0 Å². The third-order valence-electron chi connectivity index (χ3n) is 3.22. The summed E-state index contributed by atoms with van der Waals surface area (Å²) in [6.07, 6.45) is 3.93. The lowest BCUT2D eigenvalue weighted by Crippen LogP contribution is -2.48. The van der Waals surface area contributed by atoms with Crippen LogP contribution in [0.1, 0.15) is 32.6 Å². The van der Waals surface area contributed by atoms with E-state index in [-0.39, 0.29) is 11.7 Å². The number of hydrogen-bond donors (Lipinski definition) is 2. The van der Waals surface area contributed by atoms with Crippen LogP contribution in [-0.2, 0) is 9.59 Å². The van der Waals surface area contributed by atoms with Gasteiger partial charge in [0, 0.05) is 6.42 Å². The van der Waals surface area contributed by atoms with Crippen LogP contribution in [0.15, 0.2) is 11.6 Å². The zero-order valence-electron chi connectivity index (χ0n) is 9.13. The maximum atomic E-state index is 11.8. The number of hydrogen-bond acceptors (Lipinski definition) is 3. The lowest BCUT2D eigenvalue weighted by Gasteiger charge is -2.29. The summed E-state index contributed by atoms with van der Waals surface area (Å²) < 4.78 is 0. The van der Waals surface area contributed by atoms with E-state index in [4.69, 9.17) is 0 Å². The van der Waals surface area contributed by atoms with Crippen molar-refractivity contribution >= 4 is 17.7 Å². The largest absolute Gasteiger partial charge is 0.322 e. The summed E-state index contributed by atoms with van der Waals surface area (Å²) >= 11 is 0. The quantitative estimate of drug-likeness (QED) is 0.674. The molecule has 16 heavy (non-hydrogen) atoms. The van der Waals surface area contributed by atoms with E-state index in [1.165, 1.54) is 6.08 Å². The molecule has 2 rings (SSSR count). The first-order valence-corrected chi connectivity index (χ1v) is 5.46. The minimum atomic E-state index is -0.993. The van der Waals surface area contributed by atoms with Crippen LogP contribution in [0, 0.1) is 0 Å². The molecule has 2 aliphatic rings. The fourth-order valence-electron chi connectivity index (χ4n) is 2.32. The summed E-state index contributed by atoms with van der Waals surface area (Å²) in [6, 6.07) is -0.481. The number of allylic oxidation sites excluding steroid dienone is 1. The second kappa shape index (κ2) is 3.73. The number of urea groups is 1. The molecule has 2 N–H and O–H groups in total. The van der Waals surface area contributed by atoms with Crippen molar-refractivity contribution < 1.29 is 14.4 Å². The molecule has 0 radical (unpaired) electrons. The van der Waals surface area contributed by atoms with Gasteiger partial charge in [0.15, 0.2) is 5.78 Å². The summed E-state index contributed by atoms with van der Waals surface area (Å²) in [5.41, 5.74) is -0.262. The number of amides is 3. The Balaban J connectivity index is 2.38. The molecule has 3 amide bonds. The van der Waals surface area contributed by atoms with Crippen molar-refractivity contribution in [2.24, 2.45) is 0 Å². The van der Waals surface area contributed by atoms with Crippen molar-refractivity contribution in [3.8, 4) is 0 Å². The molecule has 5 heteroatoms. The van der Waals surface area contributed by atoms with Crippen LogP contribution in [0.3, 0.4) is 0 Å². The Bertz CT molecular complexity index is 400. The van der Waals surface area contributed by atoms with Gasteiger partial charge in [-0.1, -0.05) is 6.92 Å². The fourth-order valence-corrected chi connectivity index (χ4v) is 2.32. The fraction of sp³-hybridized carbons (Fsp3) is 0.545. The summed E-state index contributed by atoms with van der Waals surface area (Å²) in [5.74, 6) is -0.316. The van der Waals surface area contributed by atoms with E-state index < -0.39 is 11.6 Å². The molecular weight excluding hydrogens is 208 g/mol. The first kappa shape index (κ1) is 10.9. The highest BCUT2D eigenvalue weighted by molar-refractivity contribution is 6.10. The maximum Gasteiger partial charge on any atom is 0.322 e. The SMILES string of the molecule is CCC1(C2=CC(=O)CCC2)NC(=O)NC1=O. The number of ketones is 1. The molecule has 1 saturated heterocycles. The van der Waals surface area contributed by atoms with Gasteiger partial charge in [0.25, 0.3) is 5.91 Å². The van der Waals surface area contributed by atoms with Crippen molar-refractivity contribution in [1.82, 2.24) is 10.6 Å². The summed E-state index contributed by atoms with van der Waals surface area (Å²) in [6.45, 7) is 1.82. The first-order valence-electron chi connectivity index (χ1n) is 5.46. The van der Waals surface area contributed by atoms with Gasteiger partial charge in [-0.2, -0.15) is 0 Å². The molecule has 1 fully saturated rings. The average Bonchev–Trinajstić information content (AvgIpc) is 2.54. The van der Waals surface area contributed by atoms with Crippen molar-refractivity contribution in [3.63, 3.8) is 0 Å². The first-order chi connectivity index (χ1) is 7.58. The van der Waals surface area contributed by atoms with Gasteiger partial charge in [0.2, 0.25) is 0 Å². The molecule has 0 spiro atoms. The molecule has 5 nitrogen and oxygen atoms in total. The molecule has 0 aromatic rings. The number of imide groups is 1. The minimum Gasteiger partial charge on any atom is -0.320 e. The van der Waals surface area contributed by atoms with Crippen LogP contribution < -0.4 is 10.6 Å². The summed E-state index contributed by atoms with van der Waals surface area (Å²) in [4.78, 5) is 34.3. The second-order valence-corrected chi connectivity index (χ2v) is 4.16. The van der Waals surface area contributed by atoms with E-state index in [9.17, 15) is 14.4 Å². The van der Waals surface area contributed by atoms with Crippen molar-refractivity contribution in [2.45, 2.75) is 38.1 Å². The standard InChI is InChI=1S/C11H14N2O3/c1-2-11(9(15)12-10(16)13-11)7-4-3-5-8(14)6-7/h6H,2-5H2,1H3,(H2,12,13,15,16). The number of carbonyl (C=O) groups is 3. The lowest BCUT2D eigenvalue weighted by molar-refractivity contribution is -0.122. The Labute approximate surface area is 93.3 Å². The van der Waals surface area contributed by atoms with E-state index in [1.54, 1.807) is 0 Å². The molecule has 1 aliphatic carbocycles. The molecule has 86 valence electrons. The Morgan fingerprint density at radius 2 is 2.06 bits per heavy atom. The Kier molecular flexibility index (Phi) is 2.53. The van der Waals surface area contributed by atoms with Gasteiger partial charge in [0.05, 0.1) is 0 Å². The van der Waals surface area contributed by atoms with Gasteiger partial charge in [-0.25, -0.2) is 4.79 Å². The molecule has 0 saturated carbocycles. The molecule has 1 aliphatic heterocycles. The number of rotatable bonds is 2. The van der Waals surface area contributed by atoms with Crippen molar-refractivity contribution in [2.75, 3.05) is 0 Å². The van der Waals surface area contributed by atoms with Crippen LogP contribution in [-0.4, -0.2) is 23.3 Å². The molecule has 1 unspecified atom stereocenters. The van der Waals surface area contributed by atoms with Crippen molar-refractivity contribution in [1.29, 1.82) is 0 Å². The molecule has 1 heterocycles. The molecule has 0 aromatic heterocycles. The van der Waals surface area contributed by atoms with Gasteiger partial charge >= 0.3 is 6.03 Å². The lowest BCUT2D eigenvalue weighted by atomic mass is 9.80. The summed E-state index contributed by atoms with van der Waals surface area (Å²) in [5, 5.41) is 4.87. The van der Waals surface area contributed by atoms with Gasteiger partial charge in [-0.15, -0.1) is 0 Å². The molecule has 0 aromatic carbocycles. The smallest absolute Gasteiger partial charge is 0.320 e. The van der Waals surface area contributed by atoms with Crippen molar-refractivity contribution in [3.05, 3.63) is 11.6 Å².